The summed E-state index contributed by atoms with van der Waals surface area (Å²) in [5.74, 6) is -1.28. The second-order valence-corrected chi connectivity index (χ2v) is 5.78. The van der Waals surface area contributed by atoms with Crippen molar-refractivity contribution in [2.45, 2.75) is 19.4 Å². The van der Waals surface area contributed by atoms with Crippen molar-refractivity contribution in [3.63, 3.8) is 0 Å². The minimum atomic E-state index is -0.826. The van der Waals surface area contributed by atoms with E-state index in [0.717, 1.165) is 17.5 Å². The lowest BCUT2D eigenvalue weighted by Crippen LogP contribution is -2.47. The first-order chi connectivity index (χ1) is 11.1. The lowest BCUT2D eigenvalue weighted by atomic mass is 9.99. The average molecular weight is 316 g/mol. The summed E-state index contributed by atoms with van der Waals surface area (Å²) in [7, 11) is 0. The third kappa shape index (κ3) is 3.44. The molecule has 0 saturated carbocycles. The molecule has 2 amide bonds. The highest BCUT2D eigenvalue weighted by atomic mass is 16.4. The summed E-state index contributed by atoms with van der Waals surface area (Å²) in [5.41, 5.74) is 1.96. The number of para-hydroxylation sites is 2. The molecule has 1 unspecified atom stereocenters. The van der Waals surface area contributed by atoms with Crippen molar-refractivity contribution in [3.05, 3.63) is 30.6 Å². The van der Waals surface area contributed by atoms with Crippen LogP contribution in [0, 0.1) is 5.92 Å². The van der Waals surface area contributed by atoms with Gasteiger partial charge in [0.15, 0.2) is 0 Å². The highest BCUT2D eigenvalue weighted by Crippen LogP contribution is 2.16. The van der Waals surface area contributed by atoms with Crippen LogP contribution in [-0.4, -0.2) is 51.2 Å². The van der Waals surface area contributed by atoms with Gasteiger partial charge in [-0.05, 0) is 25.0 Å². The van der Waals surface area contributed by atoms with Crippen molar-refractivity contribution in [2.24, 2.45) is 5.92 Å². The van der Waals surface area contributed by atoms with Crippen LogP contribution in [0.1, 0.15) is 12.8 Å². The Hall–Kier alpha value is -2.57. The Labute approximate surface area is 133 Å². The van der Waals surface area contributed by atoms with Crippen LogP contribution in [0.25, 0.3) is 11.0 Å². The maximum absolute atomic E-state index is 12.2. The lowest BCUT2D eigenvalue weighted by Gasteiger charge is -2.30. The van der Waals surface area contributed by atoms with Gasteiger partial charge in [-0.25, -0.2) is 9.78 Å². The fourth-order valence-electron chi connectivity index (χ4n) is 2.95. The number of nitrogens with zero attached hydrogens (tertiary/aromatic N) is 3. The normalized spacial score (nSPS) is 18.1. The smallest absolute Gasteiger partial charge is 0.317 e. The van der Waals surface area contributed by atoms with Gasteiger partial charge >= 0.3 is 12.0 Å². The molecule has 23 heavy (non-hydrogen) atoms. The van der Waals surface area contributed by atoms with E-state index in [1.54, 1.807) is 11.2 Å². The van der Waals surface area contributed by atoms with E-state index in [0.29, 0.717) is 26.1 Å². The van der Waals surface area contributed by atoms with E-state index in [4.69, 9.17) is 5.11 Å². The van der Waals surface area contributed by atoms with Crippen molar-refractivity contribution < 1.29 is 14.7 Å². The fourth-order valence-corrected chi connectivity index (χ4v) is 2.95. The molecule has 1 aromatic heterocycles. The second-order valence-electron chi connectivity index (χ2n) is 5.78. The number of aliphatic carboxylic acids is 1. The Balaban J connectivity index is 1.52. The molecule has 1 aromatic carbocycles. The van der Waals surface area contributed by atoms with Crippen LogP contribution in [-0.2, 0) is 11.3 Å². The van der Waals surface area contributed by atoms with Gasteiger partial charge in [-0.3, -0.25) is 4.79 Å². The predicted octanol–water partition coefficient (Wildman–Crippen LogP) is 1.54. The number of nitrogens with one attached hydrogen (secondary N) is 1. The van der Waals surface area contributed by atoms with Gasteiger partial charge in [-0.2, -0.15) is 0 Å². The molecule has 2 aromatic rings. The zero-order valence-electron chi connectivity index (χ0n) is 12.8. The van der Waals surface area contributed by atoms with E-state index < -0.39 is 11.9 Å². The number of amides is 2. The maximum Gasteiger partial charge on any atom is 0.317 e. The van der Waals surface area contributed by atoms with Gasteiger partial charge in [-0.15, -0.1) is 0 Å². The van der Waals surface area contributed by atoms with Gasteiger partial charge in [0.25, 0.3) is 0 Å². The summed E-state index contributed by atoms with van der Waals surface area (Å²) in [4.78, 5) is 29.1. The van der Waals surface area contributed by atoms with Crippen molar-refractivity contribution in [1.82, 2.24) is 19.8 Å². The van der Waals surface area contributed by atoms with Gasteiger partial charge in [0.05, 0.1) is 23.3 Å². The van der Waals surface area contributed by atoms with Crippen LogP contribution >= 0.6 is 0 Å². The number of carbonyl (C=O) groups is 2. The second kappa shape index (κ2) is 6.68. The lowest BCUT2D eigenvalue weighted by molar-refractivity contribution is -0.143. The monoisotopic (exact) mass is 316 g/mol. The molecule has 122 valence electrons. The number of rotatable bonds is 4. The summed E-state index contributed by atoms with van der Waals surface area (Å²) in [6, 6.07) is 7.65. The van der Waals surface area contributed by atoms with Gasteiger partial charge < -0.3 is 19.9 Å². The first kappa shape index (κ1) is 15.3. The molecule has 7 heteroatoms. The van der Waals surface area contributed by atoms with E-state index in [9.17, 15) is 9.59 Å². The quantitative estimate of drug-likeness (QED) is 0.896. The fraction of sp³-hybridized carbons (Fsp3) is 0.438. The first-order valence-corrected chi connectivity index (χ1v) is 7.80. The highest BCUT2D eigenvalue weighted by molar-refractivity contribution is 5.77. The Kier molecular flexibility index (Phi) is 4.45. The van der Waals surface area contributed by atoms with Gasteiger partial charge in [0.1, 0.15) is 0 Å². The van der Waals surface area contributed by atoms with E-state index >= 15 is 0 Å². The number of carboxylic acid groups (broad SMARTS) is 1. The highest BCUT2D eigenvalue weighted by Gasteiger charge is 2.27. The average Bonchev–Trinajstić information content (AvgIpc) is 2.98. The minimum Gasteiger partial charge on any atom is -0.481 e. The third-order valence-electron chi connectivity index (χ3n) is 4.21. The molecule has 3 rings (SSSR count). The maximum atomic E-state index is 12.2. The molecule has 0 aliphatic carbocycles. The molecule has 1 atom stereocenters. The minimum absolute atomic E-state index is 0.194. The number of fused-ring (bicyclic) bond motifs is 1. The topological polar surface area (TPSA) is 87.5 Å². The summed E-state index contributed by atoms with van der Waals surface area (Å²) in [6.45, 7) is 2.01. The Morgan fingerprint density at radius 2 is 2.17 bits per heavy atom. The van der Waals surface area contributed by atoms with Crippen LogP contribution in [0.15, 0.2) is 30.6 Å². The molecule has 1 aliphatic heterocycles. The van der Waals surface area contributed by atoms with E-state index in [1.165, 1.54) is 0 Å². The van der Waals surface area contributed by atoms with Crippen LogP contribution in [0.5, 0.6) is 0 Å². The summed E-state index contributed by atoms with van der Waals surface area (Å²) >= 11 is 0. The third-order valence-corrected chi connectivity index (χ3v) is 4.21. The van der Waals surface area contributed by atoms with Crippen LogP contribution in [0.4, 0.5) is 4.79 Å². The molecule has 0 spiro atoms. The Bertz CT molecular complexity index is 712. The number of aromatic nitrogens is 2. The molecule has 0 radical (unpaired) electrons. The first-order valence-electron chi connectivity index (χ1n) is 7.80. The molecule has 7 nitrogen and oxygen atoms in total. The van der Waals surface area contributed by atoms with E-state index in [2.05, 4.69) is 10.3 Å². The number of urea groups is 1. The molecule has 1 saturated heterocycles. The van der Waals surface area contributed by atoms with E-state index in [-0.39, 0.29) is 12.6 Å². The molecule has 2 N–H and O–H groups in total. The van der Waals surface area contributed by atoms with Gasteiger partial charge in [0.2, 0.25) is 0 Å². The Morgan fingerprint density at radius 1 is 1.35 bits per heavy atom. The molecule has 2 heterocycles. The summed E-state index contributed by atoms with van der Waals surface area (Å²) in [6.07, 6.45) is 3.13. The molecular formula is C16H20N4O3. The number of hydrogen-bond donors (Lipinski definition) is 2. The number of likely N-dealkylation sites (tertiary alicyclic amines) is 1. The van der Waals surface area contributed by atoms with Gasteiger partial charge in [-0.1, -0.05) is 12.1 Å². The number of carboxylic acids is 1. The van der Waals surface area contributed by atoms with Crippen molar-refractivity contribution >= 4 is 23.0 Å². The Morgan fingerprint density at radius 3 is 3.00 bits per heavy atom. The van der Waals surface area contributed by atoms with Crippen LogP contribution in [0.3, 0.4) is 0 Å². The zero-order valence-corrected chi connectivity index (χ0v) is 12.8. The molecular weight excluding hydrogens is 296 g/mol. The predicted molar refractivity (Wildman–Crippen MR) is 85.1 cm³/mol. The number of benzene rings is 1. The zero-order chi connectivity index (χ0) is 16.2. The number of imidazole rings is 1. The van der Waals surface area contributed by atoms with Gasteiger partial charge in [0, 0.05) is 26.2 Å². The van der Waals surface area contributed by atoms with E-state index in [1.807, 2.05) is 28.8 Å². The number of piperidine rings is 1. The molecule has 0 bridgehead atoms. The van der Waals surface area contributed by atoms with Crippen molar-refractivity contribution in [1.29, 1.82) is 0 Å². The standard InChI is InChI=1S/C16H20N4O3/c21-15(22)12-4-3-8-19(10-12)16(23)17-7-9-20-11-18-13-5-1-2-6-14(13)20/h1-2,5-6,11-12H,3-4,7-10H2,(H,17,23)(H,21,22). The van der Waals surface area contributed by atoms with Crippen molar-refractivity contribution in [2.75, 3.05) is 19.6 Å². The molecule has 1 fully saturated rings. The molecule has 1 aliphatic rings. The number of carbonyl (C=O) groups excluding carboxylic acids is 1. The van der Waals surface area contributed by atoms with Crippen molar-refractivity contribution in [3.8, 4) is 0 Å². The van der Waals surface area contributed by atoms with Crippen LogP contribution < -0.4 is 5.32 Å². The SMILES string of the molecule is O=C(O)C1CCCN(C(=O)NCCn2cnc3ccccc32)C1. The summed E-state index contributed by atoms with van der Waals surface area (Å²) < 4.78 is 1.99. The number of hydrogen-bond acceptors (Lipinski definition) is 3. The largest absolute Gasteiger partial charge is 0.481 e. The van der Waals surface area contributed by atoms with Crippen LogP contribution in [0.2, 0.25) is 0 Å². The summed E-state index contributed by atoms with van der Waals surface area (Å²) in [5, 5.41) is 11.9.